The van der Waals surface area contributed by atoms with Gasteiger partial charge in [0.05, 0.1) is 17.4 Å². The van der Waals surface area contributed by atoms with Crippen molar-refractivity contribution in [2.45, 2.75) is 33.8 Å². The Morgan fingerprint density at radius 3 is 2.29 bits per heavy atom. The molecule has 0 aliphatic rings. The summed E-state index contributed by atoms with van der Waals surface area (Å²) in [6.45, 7) is 9.32. The molecule has 24 heavy (non-hydrogen) atoms. The summed E-state index contributed by atoms with van der Waals surface area (Å²) < 4.78 is 5.84. The van der Waals surface area contributed by atoms with Gasteiger partial charge in [-0.3, -0.25) is 4.79 Å². The average molecular weight is 369 g/mol. The number of rotatable bonds is 7. The zero-order valence-corrected chi connectivity index (χ0v) is 16.1. The Morgan fingerprint density at radius 1 is 1.21 bits per heavy atom. The molecule has 132 valence electrons. The molecule has 0 atom stereocenters. The molecule has 0 aliphatic heterocycles. The van der Waals surface area contributed by atoms with Crippen LogP contribution in [0.1, 0.15) is 38.1 Å². The fraction of sp³-hybridized carbons (Fsp3) is 0.471. The van der Waals surface area contributed by atoms with E-state index in [1.807, 2.05) is 18.7 Å². The van der Waals surface area contributed by atoms with Gasteiger partial charge in [-0.25, -0.2) is 4.79 Å². The zero-order chi connectivity index (χ0) is 18.1. The molecule has 5 nitrogen and oxygen atoms in total. The molecule has 0 heterocycles. The first-order valence-corrected chi connectivity index (χ1v) is 9.29. The molecule has 1 rings (SSSR count). The van der Waals surface area contributed by atoms with E-state index >= 15 is 0 Å². The van der Waals surface area contributed by atoms with Gasteiger partial charge in [0.25, 0.3) is 0 Å². The summed E-state index contributed by atoms with van der Waals surface area (Å²) in [5.41, 5.74) is 1.09. The highest BCUT2D eigenvalue weighted by atomic mass is 32.2. The Morgan fingerprint density at radius 2 is 1.79 bits per heavy atom. The third-order valence-corrected chi connectivity index (χ3v) is 4.62. The summed E-state index contributed by atoms with van der Waals surface area (Å²) in [7, 11) is 0. The lowest BCUT2D eigenvalue weighted by molar-refractivity contribution is -0.113. The van der Waals surface area contributed by atoms with Crippen molar-refractivity contribution < 1.29 is 14.3 Å². The van der Waals surface area contributed by atoms with E-state index in [2.05, 4.69) is 5.32 Å². The van der Waals surface area contributed by atoms with Crippen molar-refractivity contribution in [3.8, 4) is 0 Å². The smallest absolute Gasteiger partial charge is 0.338 e. The third kappa shape index (κ3) is 6.88. The molecule has 1 amide bonds. The van der Waals surface area contributed by atoms with Crippen LogP contribution in [0, 0.1) is 0 Å². The Balaban J connectivity index is 2.50. The second-order valence-corrected chi connectivity index (χ2v) is 6.92. The highest BCUT2D eigenvalue weighted by Crippen LogP contribution is 2.13. The van der Waals surface area contributed by atoms with Gasteiger partial charge in [-0.1, -0.05) is 24.0 Å². The SMILES string of the molecule is CCN(CC)C(=S)SCC(=O)Nc1ccc(C(=O)OC(C)C)cc1. The second-order valence-electron chi connectivity index (χ2n) is 5.31. The number of ether oxygens (including phenoxy) is 1. The fourth-order valence-corrected chi connectivity index (χ4v) is 3.07. The van der Waals surface area contributed by atoms with Crippen molar-refractivity contribution in [1.29, 1.82) is 0 Å². The molecule has 0 saturated heterocycles. The Kier molecular flexibility index (Phi) is 8.78. The minimum atomic E-state index is -0.372. The van der Waals surface area contributed by atoms with Gasteiger partial charge in [-0.05, 0) is 52.0 Å². The van der Waals surface area contributed by atoms with Crippen molar-refractivity contribution in [3.63, 3.8) is 0 Å². The van der Waals surface area contributed by atoms with Crippen LogP contribution in [0.25, 0.3) is 0 Å². The van der Waals surface area contributed by atoms with E-state index in [1.54, 1.807) is 38.1 Å². The minimum absolute atomic E-state index is 0.132. The molecule has 0 radical (unpaired) electrons. The van der Waals surface area contributed by atoms with Gasteiger partial charge in [0.1, 0.15) is 4.32 Å². The predicted molar refractivity (Wildman–Crippen MR) is 104 cm³/mol. The summed E-state index contributed by atoms with van der Waals surface area (Å²) in [5, 5.41) is 2.79. The van der Waals surface area contributed by atoms with Crippen molar-refractivity contribution >= 4 is 45.9 Å². The van der Waals surface area contributed by atoms with Gasteiger partial charge in [0, 0.05) is 18.8 Å². The maximum absolute atomic E-state index is 12.0. The molecule has 0 bridgehead atoms. The lowest BCUT2D eigenvalue weighted by Crippen LogP contribution is -2.28. The molecule has 1 aromatic carbocycles. The molecule has 1 aromatic rings. The van der Waals surface area contributed by atoms with Crippen LogP contribution < -0.4 is 5.32 Å². The number of nitrogens with one attached hydrogen (secondary N) is 1. The minimum Gasteiger partial charge on any atom is -0.459 e. The van der Waals surface area contributed by atoms with Gasteiger partial charge in [0.15, 0.2) is 0 Å². The molecular formula is C17H24N2O3S2. The number of carbonyl (C=O) groups excluding carboxylic acids is 2. The maximum Gasteiger partial charge on any atom is 0.338 e. The number of thiocarbonyl (C=S) groups is 1. The lowest BCUT2D eigenvalue weighted by Gasteiger charge is -2.20. The number of benzene rings is 1. The topological polar surface area (TPSA) is 58.6 Å². The average Bonchev–Trinajstić information content (AvgIpc) is 2.54. The quantitative estimate of drug-likeness (QED) is 0.587. The number of hydrogen-bond acceptors (Lipinski definition) is 5. The number of hydrogen-bond donors (Lipinski definition) is 1. The predicted octanol–water partition coefficient (Wildman–Crippen LogP) is 3.55. The summed E-state index contributed by atoms with van der Waals surface area (Å²) in [6.07, 6.45) is -0.163. The maximum atomic E-state index is 12.0. The molecule has 0 spiro atoms. The Labute approximate surface area is 153 Å². The van der Waals surface area contributed by atoms with E-state index in [1.165, 1.54) is 11.8 Å². The standard InChI is InChI=1S/C17H24N2O3S2/c1-5-19(6-2)17(23)24-11-15(20)18-14-9-7-13(8-10-14)16(21)22-12(3)4/h7-10,12H,5-6,11H2,1-4H3,(H,18,20). The van der Waals surface area contributed by atoms with Crippen LogP contribution >= 0.6 is 24.0 Å². The first kappa shape index (κ1) is 20.4. The highest BCUT2D eigenvalue weighted by molar-refractivity contribution is 8.23. The first-order valence-electron chi connectivity index (χ1n) is 7.89. The van der Waals surface area contributed by atoms with Crippen LogP contribution in [0.15, 0.2) is 24.3 Å². The fourth-order valence-electron chi connectivity index (χ4n) is 1.87. The van der Waals surface area contributed by atoms with E-state index in [-0.39, 0.29) is 23.7 Å². The molecular weight excluding hydrogens is 344 g/mol. The van der Waals surface area contributed by atoms with Gasteiger partial charge in [0.2, 0.25) is 5.91 Å². The summed E-state index contributed by atoms with van der Waals surface area (Å²) in [6, 6.07) is 6.63. The van der Waals surface area contributed by atoms with Crippen LogP contribution in [0.2, 0.25) is 0 Å². The monoisotopic (exact) mass is 368 g/mol. The number of carbonyl (C=O) groups is 2. The number of esters is 1. The second kappa shape index (κ2) is 10.3. The van der Waals surface area contributed by atoms with E-state index in [0.29, 0.717) is 11.3 Å². The molecule has 0 unspecified atom stereocenters. The normalized spacial score (nSPS) is 10.4. The molecule has 7 heteroatoms. The third-order valence-electron chi connectivity index (χ3n) is 3.10. The number of nitrogens with zero attached hydrogens (tertiary/aromatic N) is 1. The highest BCUT2D eigenvalue weighted by Gasteiger charge is 2.11. The van der Waals surface area contributed by atoms with Crippen LogP contribution in [-0.2, 0) is 9.53 Å². The lowest BCUT2D eigenvalue weighted by atomic mass is 10.2. The molecule has 1 N–H and O–H groups in total. The molecule has 0 aliphatic carbocycles. The Hall–Kier alpha value is -1.60. The van der Waals surface area contributed by atoms with Gasteiger partial charge < -0.3 is 15.0 Å². The Bertz CT molecular complexity index is 570. The van der Waals surface area contributed by atoms with Crippen molar-refractivity contribution in [3.05, 3.63) is 29.8 Å². The van der Waals surface area contributed by atoms with Crippen LogP contribution in [0.5, 0.6) is 0 Å². The van der Waals surface area contributed by atoms with Gasteiger partial charge in [-0.15, -0.1) is 0 Å². The van der Waals surface area contributed by atoms with E-state index < -0.39 is 0 Å². The summed E-state index contributed by atoms with van der Waals surface area (Å²) in [4.78, 5) is 25.8. The van der Waals surface area contributed by atoms with Crippen LogP contribution in [-0.4, -0.2) is 46.0 Å². The van der Waals surface area contributed by atoms with Crippen LogP contribution in [0.3, 0.4) is 0 Å². The summed E-state index contributed by atoms with van der Waals surface area (Å²) >= 11 is 6.64. The van der Waals surface area contributed by atoms with Crippen molar-refractivity contribution in [2.75, 3.05) is 24.2 Å². The van der Waals surface area contributed by atoms with E-state index in [0.717, 1.165) is 17.4 Å². The molecule has 0 fully saturated rings. The first-order chi connectivity index (χ1) is 11.4. The number of anilines is 1. The van der Waals surface area contributed by atoms with E-state index in [9.17, 15) is 9.59 Å². The number of thioether (sulfide) groups is 1. The number of amides is 1. The van der Waals surface area contributed by atoms with Crippen molar-refractivity contribution in [1.82, 2.24) is 4.90 Å². The van der Waals surface area contributed by atoms with Gasteiger partial charge >= 0.3 is 5.97 Å². The summed E-state index contributed by atoms with van der Waals surface area (Å²) in [5.74, 6) is -0.248. The molecule has 0 aromatic heterocycles. The van der Waals surface area contributed by atoms with Gasteiger partial charge in [-0.2, -0.15) is 0 Å². The molecule has 0 saturated carbocycles. The van der Waals surface area contributed by atoms with Crippen molar-refractivity contribution in [2.24, 2.45) is 0 Å². The zero-order valence-electron chi connectivity index (χ0n) is 14.5. The van der Waals surface area contributed by atoms with E-state index in [4.69, 9.17) is 17.0 Å². The largest absolute Gasteiger partial charge is 0.459 e. The van der Waals surface area contributed by atoms with Crippen LogP contribution in [0.4, 0.5) is 5.69 Å².